The van der Waals surface area contributed by atoms with Crippen molar-refractivity contribution in [3.63, 3.8) is 0 Å². The average molecular weight is 268 g/mol. The molecule has 0 saturated heterocycles. The van der Waals surface area contributed by atoms with E-state index in [2.05, 4.69) is 10.3 Å². The fourth-order valence-electron chi connectivity index (χ4n) is 1.51. The smallest absolute Gasteiger partial charge is 0.275 e. The van der Waals surface area contributed by atoms with E-state index >= 15 is 0 Å². The minimum atomic E-state index is -0.686. The molecule has 1 amide bonds. The number of carbonyl (C=O) groups is 1. The zero-order valence-electron chi connectivity index (χ0n) is 9.75. The summed E-state index contributed by atoms with van der Waals surface area (Å²) in [7, 11) is 0. The van der Waals surface area contributed by atoms with Crippen LogP contribution in [0.15, 0.2) is 18.2 Å². The first-order chi connectivity index (χ1) is 8.47. The Labute approximate surface area is 106 Å². The summed E-state index contributed by atoms with van der Waals surface area (Å²) < 4.78 is 26.3. The van der Waals surface area contributed by atoms with Gasteiger partial charge in [0.1, 0.15) is 17.3 Å². The fraction of sp³-hybridized carbons (Fsp3) is 0.167. The maximum atomic E-state index is 13.4. The zero-order valence-corrected chi connectivity index (χ0v) is 10.6. The Balaban J connectivity index is 2.26. The lowest BCUT2D eigenvalue weighted by atomic mass is 10.2. The fourth-order valence-corrected chi connectivity index (χ4v) is 2.33. The lowest BCUT2D eigenvalue weighted by Gasteiger charge is -2.05. The van der Waals surface area contributed by atoms with Crippen molar-refractivity contribution in [2.45, 2.75) is 13.8 Å². The number of hydrogen-bond donors (Lipinski definition) is 1. The largest absolute Gasteiger partial charge is 0.318 e. The summed E-state index contributed by atoms with van der Waals surface area (Å²) in [5.41, 5.74) is 0.0474. The van der Waals surface area contributed by atoms with Gasteiger partial charge in [-0.2, -0.15) is 0 Å². The first-order valence-electron chi connectivity index (χ1n) is 5.18. The number of thiazole rings is 1. The van der Waals surface area contributed by atoms with Gasteiger partial charge in [-0.15, -0.1) is 11.3 Å². The molecule has 2 rings (SSSR count). The minimum absolute atomic E-state index is 0.190. The van der Waals surface area contributed by atoms with Crippen molar-refractivity contribution in [1.82, 2.24) is 4.98 Å². The van der Waals surface area contributed by atoms with E-state index in [4.69, 9.17) is 0 Å². The highest BCUT2D eigenvalue weighted by molar-refractivity contribution is 7.11. The summed E-state index contributed by atoms with van der Waals surface area (Å²) in [5, 5.41) is 3.06. The van der Waals surface area contributed by atoms with Gasteiger partial charge in [0.25, 0.3) is 5.91 Å². The molecule has 0 bridgehead atoms. The highest BCUT2D eigenvalue weighted by Gasteiger charge is 2.15. The molecule has 0 aliphatic heterocycles. The predicted octanol–water partition coefficient (Wildman–Crippen LogP) is 3.29. The summed E-state index contributed by atoms with van der Waals surface area (Å²) in [5.74, 6) is -1.84. The van der Waals surface area contributed by atoms with Crippen LogP contribution in [0.3, 0.4) is 0 Å². The van der Waals surface area contributed by atoms with Crippen molar-refractivity contribution in [2.24, 2.45) is 0 Å². The van der Waals surface area contributed by atoms with Gasteiger partial charge in [-0.3, -0.25) is 4.79 Å². The van der Waals surface area contributed by atoms with Crippen molar-refractivity contribution in [3.05, 3.63) is 45.4 Å². The van der Waals surface area contributed by atoms with Crippen LogP contribution in [0.2, 0.25) is 0 Å². The Kier molecular flexibility index (Phi) is 3.38. The maximum absolute atomic E-state index is 13.4. The molecule has 2 aromatic rings. The molecule has 0 spiro atoms. The predicted molar refractivity (Wildman–Crippen MR) is 65.9 cm³/mol. The summed E-state index contributed by atoms with van der Waals surface area (Å²) in [6.07, 6.45) is 0. The van der Waals surface area contributed by atoms with Gasteiger partial charge in [-0.25, -0.2) is 13.8 Å². The van der Waals surface area contributed by atoms with Crippen molar-refractivity contribution in [1.29, 1.82) is 0 Å². The van der Waals surface area contributed by atoms with Crippen LogP contribution < -0.4 is 5.32 Å². The van der Waals surface area contributed by atoms with Gasteiger partial charge in [-0.05, 0) is 26.0 Å². The van der Waals surface area contributed by atoms with E-state index in [1.165, 1.54) is 11.3 Å². The number of benzene rings is 1. The molecule has 1 aromatic heterocycles. The molecule has 0 atom stereocenters. The summed E-state index contributed by atoms with van der Waals surface area (Å²) >= 11 is 1.38. The summed E-state index contributed by atoms with van der Waals surface area (Å²) in [6, 6.07) is 2.88. The topological polar surface area (TPSA) is 42.0 Å². The van der Waals surface area contributed by atoms with E-state index in [0.717, 1.165) is 28.1 Å². The summed E-state index contributed by atoms with van der Waals surface area (Å²) in [6.45, 7) is 3.53. The number of nitrogens with zero attached hydrogens (tertiary/aromatic N) is 1. The van der Waals surface area contributed by atoms with Crippen molar-refractivity contribution in [3.8, 4) is 0 Å². The van der Waals surface area contributed by atoms with E-state index in [1.807, 2.05) is 0 Å². The number of aromatic nitrogens is 1. The normalized spacial score (nSPS) is 10.4. The molecule has 1 aromatic carbocycles. The molecule has 1 heterocycles. The maximum Gasteiger partial charge on any atom is 0.275 e. The van der Waals surface area contributed by atoms with E-state index in [0.29, 0.717) is 0 Å². The SMILES string of the molecule is Cc1nc(C(=O)Nc2cc(F)ccc2F)c(C)s1. The third kappa shape index (κ3) is 2.53. The number of rotatable bonds is 2. The molecular weight excluding hydrogens is 258 g/mol. The van der Waals surface area contributed by atoms with Crippen LogP contribution in [0.5, 0.6) is 0 Å². The number of aryl methyl sites for hydroxylation is 2. The van der Waals surface area contributed by atoms with Crippen molar-refractivity contribution >= 4 is 22.9 Å². The van der Waals surface area contributed by atoms with E-state index < -0.39 is 17.5 Å². The number of carbonyl (C=O) groups excluding carboxylic acids is 1. The molecule has 0 radical (unpaired) electrons. The molecule has 0 saturated carbocycles. The number of hydrogen-bond acceptors (Lipinski definition) is 3. The van der Waals surface area contributed by atoms with E-state index in [9.17, 15) is 13.6 Å². The zero-order chi connectivity index (χ0) is 13.3. The quantitative estimate of drug-likeness (QED) is 0.908. The lowest BCUT2D eigenvalue weighted by molar-refractivity contribution is 0.102. The molecule has 94 valence electrons. The van der Waals surface area contributed by atoms with Gasteiger partial charge < -0.3 is 5.32 Å². The molecule has 0 unspecified atom stereocenters. The molecule has 18 heavy (non-hydrogen) atoms. The van der Waals surface area contributed by atoms with Crippen LogP contribution >= 0.6 is 11.3 Å². The first kappa shape index (κ1) is 12.6. The van der Waals surface area contributed by atoms with Crippen LogP contribution in [0.1, 0.15) is 20.4 Å². The molecule has 3 nitrogen and oxygen atoms in total. The lowest BCUT2D eigenvalue weighted by Crippen LogP contribution is -2.14. The van der Waals surface area contributed by atoms with Crippen LogP contribution in [-0.2, 0) is 0 Å². The van der Waals surface area contributed by atoms with Crippen LogP contribution in [0.4, 0.5) is 14.5 Å². The molecule has 0 aliphatic rings. The average Bonchev–Trinajstić information content (AvgIpc) is 2.63. The Hall–Kier alpha value is -1.82. The van der Waals surface area contributed by atoms with Crippen LogP contribution in [0.25, 0.3) is 0 Å². The van der Waals surface area contributed by atoms with Gasteiger partial charge in [-0.1, -0.05) is 0 Å². The van der Waals surface area contributed by atoms with E-state index in [-0.39, 0.29) is 11.4 Å². The monoisotopic (exact) mass is 268 g/mol. The van der Waals surface area contributed by atoms with Gasteiger partial charge in [0, 0.05) is 10.9 Å². The Bertz CT molecular complexity index is 610. The molecule has 6 heteroatoms. The van der Waals surface area contributed by atoms with Crippen LogP contribution in [-0.4, -0.2) is 10.9 Å². The van der Waals surface area contributed by atoms with Gasteiger partial charge >= 0.3 is 0 Å². The Morgan fingerprint density at radius 3 is 2.67 bits per heavy atom. The molecule has 0 aliphatic carbocycles. The minimum Gasteiger partial charge on any atom is -0.318 e. The van der Waals surface area contributed by atoms with Crippen molar-refractivity contribution in [2.75, 3.05) is 5.32 Å². The number of anilines is 1. The number of halogens is 2. The van der Waals surface area contributed by atoms with Crippen molar-refractivity contribution < 1.29 is 13.6 Å². The van der Waals surface area contributed by atoms with Gasteiger partial charge in [0.2, 0.25) is 0 Å². The first-order valence-corrected chi connectivity index (χ1v) is 5.99. The molecule has 0 fully saturated rings. The second-order valence-corrected chi connectivity index (χ2v) is 5.12. The molecular formula is C12H10F2N2OS. The number of amides is 1. The Morgan fingerprint density at radius 1 is 1.33 bits per heavy atom. The van der Waals surface area contributed by atoms with Crippen LogP contribution in [0, 0.1) is 25.5 Å². The third-order valence-electron chi connectivity index (χ3n) is 2.30. The third-order valence-corrected chi connectivity index (χ3v) is 3.18. The van der Waals surface area contributed by atoms with E-state index in [1.54, 1.807) is 13.8 Å². The second-order valence-electron chi connectivity index (χ2n) is 3.72. The molecule has 1 N–H and O–H groups in total. The van der Waals surface area contributed by atoms with Gasteiger partial charge in [0.05, 0.1) is 10.7 Å². The summed E-state index contributed by atoms with van der Waals surface area (Å²) in [4.78, 5) is 16.6. The standard InChI is InChI=1S/C12H10F2N2OS/c1-6-11(15-7(2)18-6)12(17)16-10-5-8(13)3-4-9(10)14/h3-5H,1-2H3,(H,16,17). The Morgan fingerprint density at radius 2 is 2.06 bits per heavy atom. The number of nitrogens with one attached hydrogen (secondary N) is 1. The highest BCUT2D eigenvalue weighted by atomic mass is 32.1. The van der Waals surface area contributed by atoms with Gasteiger partial charge in [0.15, 0.2) is 0 Å². The second kappa shape index (κ2) is 4.81. The highest BCUT2D eigenvalue weighted by Crippen LogP contribution is 2.20.